The number of amides is 1. The van der Waals surface area contributed by atoms with Gasteiger partial charge in [0.1, 0.15) is 11.4 Å². The lowest BCUT2D eigenvalue weighted by molar-refractivity contribution is 0.102. The van der Waals surface area contributed by atoms with Crippen LogP contribution >= 0.6 is 11.6 Å². The van der Waals surface area contributed by atoms with E-state index in [-0.39, 0.29) is 5.91 Å². The monoisotopic (exact) mass is 369 g/mol. The van der Waals surface area contributed by atoms with E-state index in [0.29, 0.717) is 28.6 Å². The van der Waals surface area contributed by atoms with E-state index in [9.17, 15) is 4.79 Å². The highest BCUT2D eigenvalue weighted by Crippen LogP contribution is 2.30. The highest BCUT2D eigenvalue weighted by atomic mass is 35.5. The average Bonchev–Trinajstić information content (AvgIpc) is 2.99. The number of nitrogens with one attached hydrogen (secondary N) is 1. The third-order valence-corrected chi connectivity index (χ3v) is 4.26. The van der Waals surface area contributed by atoms with Gasteiger partial charge in [0.05, 0.1) is 17.2 Å². The Labute approximate surface area is 157 Å². The molecule has 5 nitrogen and oxygen atoms in total. The van der Waals surface area contributed by atoms with Crippen LogP contribution in [0.5, 0.6) is 5.75 Å². The lowest BCUT2D eigenvalue weighted by Crippen LogP contribution is -2.12. The van der Waals surface area contributed by atoms with Crippen LogP contribution < -0.4 is 10.1 Å². The van der Waals surface area contributed by atoms with Crippen LogP contribution in [-0.2, 0) is 7.05 Å². The quantitative estimate of drug-likeness (QED) is 0.709. The summed E-state index contributed by atoms with van der Waals surface area (Å²) in [4.78, 5) is 12.8. The summed E-state index contributed by atoms with van der Waals surface area (Å²) >= 11 is 6.28. The first kappa shape index (κ1) is 18.0. The van der Waals surface area contributed by atoms with E-state index in [4.69, 9.17) is 16.3 Å². The number of nitrogens with zero attached hydrogens (tertiary/aromatic N) is 2. The van der Waals surface area contributed by atoms with E-state index < -0.39 is 0 Å². The number of hydrogen-bond acceptors (Lipinski definition) is 3. The molecule has 0 unspecified atom stereocenters. The zero-order chi connectivity index (χ0) is 18.7. The molecule has 0 saturated heterocycles. The Morgan fingerprint density at radius 2 is 2.04 bits per heavy atom. The molecule has 0 radical (unpaired) electrons. The third kappa shape index (κ3) is 3.73. The number of aryl methyl sites for hydroxylation is 2. The Morgan fingerprint density at radius 3 is 2.73 bits per heavy atom. The molecule has 0 aliphatic carbocycles. The van der Waals surface area contributed by atoms with Crippen molar-refractivity contribution in [3.8, 4) is 17.0 Å². The number of carbonyl (C=O) groups excluding carboxylic acids is 1. The molecule has 1 aromatic heterocycles. The van der Waals surface area contributed by atoms with Gasteiger partial charge in [-0.3, -0.25) is 9.48 Å². The second kappa shape index (κ2) is 7.62. The van der Waals surface area contributed by atoms with E-state index in [0.717, 1.165) is 16.9 Å². The molecule has 2 aromatic carbocycles. The summed E-state index contributed by atoms with van der Waals surface area (Å²) < 4.78 is 7.14. The molecule has 0 fully saturated rings. The SMILES string of the molecule is CCOc1ccc(NC(=O)c2cn(C)nc2-c2ccccc2Cl)cc1C. The molecule has 0 atom stereocenters. The summed E-state index contributed by atoms with van der Waals surface area (Å²) in [6.45, 7) is 4.48. The summed E-state index contributed by atoms with van der Waals surface area (Å²) in [6, 6.07) is 12.9. The Morgan fingerprint density at radius 1 is 1.27 bits per heavy atom. The summed E-state index contributed by atoms with van der Waals surface area (Å²) in [5, 5.41) is 7.89. The van der Waals surface area contributed by atoms with Crippen molar-refractivity contribution in [1.82, 2.24) is 9.78 Å². The minimum absolute atomic E-state index is 0.239. The Bertz CT molecular complexity index is 950. The predicted octanol–water partition coefficient (Wildman–Crippen LogP) is 4.70. The smallest absolute Gasteiger partial charge is 0.259 e. The van der Waals surface area contributed by atoms with Crippen molar-refractivity contribution in [3.05, 3.63) is 64.8 Å². The lowest BCUT2D eigenvalue weighted by atomic mass is 10.1. The van der Waals surface area contributed by atoms with Gasteiger partial charge in [-0.15, -0.1) is 0 Å². The van der Waals surface area contributed by atoms with Crippen LogP contribution in [0.2, 0.25) is 5.02 Å². The van der Waals surface area contributed by atoms with Crippen LogP contribution in [0.3, 0.4) is 0 Å². The van der Waals surface area contributed by atoms with Crippen LogP contribution in [-0.4, -0.2) is 22.3 Å². The first-order valence-corrected chi connectivity index (χ1v) is 8.70. The molecule has 26 heavy (non-hydrogen) atoms. The van der Waals surface area contributed by atoms with Crippen LogP contribution in [0.15, 0.2) is 48.7 Å². The van der Waals surface area contributed by atoms with Gasteiger partial charge in [-0.1, -0.05) is 29.8 Å². The van der Waals surface area contributed by atoms with Crippen LogP contribution in [0.4, 0.5) is 5.69 Å². The van der Waals surface area contributed by atoms with Crippen molar-refractivity contribution in [1.29, 1.82) is 0 Å². The van der Waals surface area contributed by atoms with Crippen molar-refractivity contribution in [2.24, 2.45) is 7.05 Å². The Balaban J connectivity index is 1.90. The van der Waals surface area contributed by atoms with E-state index in [2.05, 4.69) is 10.4 Å². The normalized spacial score (nSPS) is 10.6. The van der Waals surface area contributed by atoms with E-state index in [1.807, 2.05) is 50.2 Å². The van der Waals surface area contributed by atoms with Crippen molar-refractivity contribution in [2.75, 3.05) is 11.9 Å². The molecule has 0 bridgehead atoms. The molecule has 1 N–H and O–H groups in total. The molecule has 0 aliphatic heterocycles. The number of halogens is 1. The summed E-state index contributed by atoms with van der Waals surface area (Å²) in [5.41, 5.74) is 3.40. The van der Waals surface area contributed by atoms with Crippen LogP contribution in [0.1, 0.15) is 22.8 Å². The second-order valence-corrected chi connectivity index (χ2v) is 6.32. The van der Waals surface area contributed by atoms with Gasteiger partial charge in [0.2, 0.25) is 0 Å². The Hall–Kier alpha value is -2.79. The molecule has 3 aromatic rings. The van der Waals surface area contributed by atoms with Crippen LogP contribution in [0, 0.1) is 6.92 Å². The topological polar surface area (TPSA) is 56.1 Å². The molecule has 3 rings (SSSR count). The highest BCUT2D eigenvalue weighted by molar-refractivity contribution is 6.33. The zero-order valence-electron chi connectivity index (χ0n) is 14.9. The van der Waals surface area contributed by atoms with Gasteiger partial charge in [0.15, 0.2) is 0 Å². The van der Waals surface area contributed by atoms with Gasteiger partial charge >= 0.3 is 0 Å². The van der Waals surface area contributed by atoms with Gasteiger partial charge < -0.3 is 10.1 Å². The Kier molecular flexibility index (Phi) is 5.28. The molecular formula is C20H20ClN3O2. The number of rotatable bonds is 5. The fourth-order valence-corrected chi connectivity index (χ4v) is 2.98. The molecule has 6 heteroatoms. The van der Waals surface area contributed by atoms with Crippen molar-refractivity contribution < 1.29 is 9.53 Å². The van der Waals surface area contributed by atoms with Crippen LogP contribution in [0.25, 0.3) is 11.3 Å². The molecule has 0 aliphatic rings. The first-order valence-electron chi connectivity index (χ1n) is 8.33. The standard InChI is InChI=1S/C20H20ClN3O2/c1-4-26-18-10-9-14(11-13(18)2)22-20(25)16-12-24(3)23-19(16)15-7-5-6-8-17(15)21/h5-12H,4H2,1-3H3,(H,22,25). The minimum Gasteiger partial charge on any atom is -0.494 e. The maximum absolute atomic E-state index is 12.8. The highest BCUT2D eigenvalue weighted by Gasteiger charge is 2.19. The van der Waals surface area contributed by atoms with E-state index in [1.165, 1.54) is 0 Å². The van der Waals surface area contributed by atoms with E-state index in [1.54, 1.807) is 24.0 Å². The van der Waals surface area contributed by atoms with Gasteiger partial charge in [0.25, 0.3) is 5.91 Å². The maximum atomic E-state index is 12.8. The average molecular weight is 370 g/mol. The molecule has 1 amide bonds. The zero-order valence-corrected chi connectivity index (χ0v) is 15.7. The summed E-state index contributed by atoms with van der Waals surface area (Å²) in [5.74, 6) is 0.570. The summed E-state index contributed by atoms with van der Waals surface area (Å²) in [6.07, 6.45) is 1.69. The molecule has 0 spiro atoms. The number of ether oxygens (including phenoxy) is 1. The minimum atomic E-state index is -0.239. The van der Waals surface area contributed by atoms with E-state index >= 15 is 0 Å². The molecular weight excluding hydrogens is 350 g/mol. The number of benzene rings is 2. The lowest BCUT2D eigenvalue weighted by Gasteiger charge is -2.10. The fraction of sp³-hybridized carbons (Fsp3) is 0.200. The first-order chi connectivity index (χ1) is 12.5. The fourth-order valence-electron chi connectivity index (χ4n) is 2.75. The largest absolute Gasteiger partial charge is 0.494 e. The van der Waals surface area contributed by atoms with Gasteiger partial charge in [0, 0.05) is 24.5 Å². The van der Waals surface area contributed by atoms with Gasteiger partial charge in [-0.2, -0.15) is 5.10 Å². The summed E-state index contributed by atoms with van der Waals surface area (Å²) in [7, 11) is 1.78. The predicted molar refractivity (Wildman–Crippen MR) is 104 cm³/mol. The number of carbonyl (C=O) groups is 1. The molecule has 134 valence electrons. The molecule has 1 heterocycles. The number of anilines is 1. The van der Waals surface area contributed by atoms with Crippen molar-refractivity contribution in [3.63, 3.8) is 0 Å². The van der Waals surface area contributed by atoms with Gasteiger partial charge in [-0.25, -0.2) is 0 Å². The number of hydrogen-bond donors (Lipinski definition) is 1. The number of aromatic nitrogens is 2. The second-order valence-electron chi connectivity index (χ2n) is 5.91. The maximum Gasteiger partial charge on any atom is 0.259 e. The van der Waals surface area contributed by atoms with Crippen molar-refractivity contribution in [2.45, 2.75) is 13.8 Å². The third-order valence-electron chi connectivity index (χ3n) is 3.94. The van der Waals surface area contributed by atoms with Crippen molar-refractivity contribution >= 4 is 23.2 Å². The van der Waals surface area contributed by atoms with Gasteiger partial charge in [-0.05, 0) is 43.7 Å². The molecule has 0 saturated carbocycles.